The van der Waals surface area contributed by atoms with Gasteiger partial charge in [-0.25, -0.2) is 0 Å². The minimum atomic E-state index is -2.39. The third-order valence-corrected chi connectivity index (χ3v) is 13.1. The molecule has 1 heterocycles. The van der Waals surface area contributed by atoms with Gasteiger partial charge < -0.3 is 19.7 Å². The smallest absolute Gasteiger partial charge is 0.344 e. The lowest BCUT2D eigenvalue weighted by Gasteiger charge is -2.56. The van der Waals surface area contributed by atoms with E-state index < -0.39 is 85.8 Å². The summed E-state index contributed by atoms with van der Waals surface area (Å²) in [6.07, 6.45) is 3.79. The van der Waals surface area contributed by atoms with Crippen LogP contribution in [0.1, 0.15) is 135 Å². The van der Waals surface area contributed by atoms with E-state index in [1.165, 1.54) is 0 Å². The molecule has 9 nitrogen and oxygen atoms in total. The lowest BCUT2D eigenvalue weighted by molar-refractivity contribution is -0.170. The number of phenolic OH excluding ortho intramolecular Hbond substituents is 1. The van der Waals surface area contributed by atoms with Crippen LogP contribution in [0.25, 0.3) is 0 Å². The summed E-state index contributed by atoms with van der Waals surface area (Å²) < 4.78 is 13.8. The first-order valence-corrected chi connectivity index (χ1v) is 17.8. The number of carbonyl (C=O) groups is 5. The highest BCUT2D eigenvalue weighted by atomic mass is 16.7. The molecule has 0 radical (unpaired) electrons. The summed E-state index contributed by atoms with van der Waals surface area (Å²) in [7, 11) is 0. The van der Waals surface area contributed by atoms with Crippen molar-refractivity contribution in [2.75, 3.05) is 0 Å². The molecule has 5 atom stereocenters. The van der Waals surface area contributed by atoms with Crippen LogP contribution in [-0.2, 0) is 24.6 Å². The molecule has 49 heavy (non-hydrogen) atoms. The van der Waals surface area contributed by atoms with Crippen molar-refractivity contribution in [1.82, 2.24) is 0 Å². The van der Waals surface area contributed by atoms with E-state index in [1.807, 2.05) is 41.5 Å². The van der Waals surface area contributed by atoms with Gasteiger partial charge in [-0.15, -0.1) is 0 Å². The number of Topliss-reactive ketones (excluding diaryl/α,β-unsaturated/α-hetero) is 5. The molecule has 2 N–H and O–H groups in total. The molecule has 262 valence electrons. The van der Waals surface area contributed by atoms with E-state index in [9.17, 15) is 29.4 Å². The summed E-state index contributed by atoms with van der Waals surface area (Å²) in [5.74, 6) is -9.18. The first-order chi connectivity index (χ1) is 22.6. The number of ketones is 5. The zero-order valence-corrected chi connectivity index (χ0v) is 30.3. The molecular formula is C40H48O9. The topological polar surface area (TPSA) is 144 Å². The summed E-state index contributed by atoms with van der Waals surface area (Å²) >= 11 is 0. The van der Waals surface area contributed by atoms with Crippen LogP contribution in [0.3, 0.4) is 0 Å². The summed E-state index contributed by atoms with van der Waals surface area (Å²) in [5, 5.41) is 24.1. The number of aliphatic hydroxyl groups excluding tert-OH is 1. The van der Waals surface area contributed by atoms with Gasteiger partial charge in [0.25, 0.3) is 0 Å². The number of aromatic hydroxyl groups is 1. The Kier molecular flexibility index (Phi) is 6.84. The largest absolute Gasteiger partial charge is 0.507 e. The number of hydrogen-bond acceptors (Lipinski definition) is 9. The highest BCUT2D eigenvalue weighted by molar-refractivity contribution is 6.51. The van der Waals surface area contributed by atoms with Gasteiger partial charge in [-0.1, -0.05) is 82.1 Å². The van der Waals surface area contributed by atoms with Crippen molar-refractivity contribution in [2.45, 2.75) is 125 Å². The van der Waals surface area contributed by atoms with Crippen molar-refractivity contribution >= 4 is 28.9 Å². The van der Waals surface area contributed by atoms with Crippen molar-refractivity contribution in [3.8, 4) is 17.2 Å². The van der Waals surface area contributed by atoms with E-state index >= 15 is 4.79 Å². The predicted octanol–water partition coefficient (Wildman–Crippen LogP) is 7.16. The number of allylic oxidation sites excluding steroid dienone is 2. The molecule has 1 spiro atoms. The van der Waals surface area contributed by atoms with Gasteiger partial charge in [-0.05, 0) is 48.3 Å². The van der Waals surface area contributed by atoms with E-state index in [4.69, 9.17) is 9.47 Å². The van der Waals surface area contributed by atoms with E-state index in [-0.39, 0.29) is 45.1 Å². The molecule has 0 bridgehead atoms. The van der Waals surface area contributed by atoms with Crippen LogP contribution >= 0.6 is 0 Å². The highest BCUT2D eigenvalue weighted by Crippen LogP contribution is 2.68. The minimum absolute atomic E-state index is 0.0305. The molecule has 1 aliphatic heterocycles. The number of phenols is 1. The van der Waals surface area contributed by atoms with Crippen LogP contribution in [0.15, 0.2) is 22.5 Å². The van der Waals surface area contributed by atoms with Crippen LogP contribution in [0.4, 0.5) is 0 Å². The van der Waals surface area contributed by atoms with Crippen molar-refractivity contribution < 1.29 is 43.7 Å². The standard InChI is InChI=1S/C40H48O9/c1-17(2)19-26(42)24-23(29(45)27(19)43)39(10)16-12-14-37(7,8)34(39)35(47)40(24)48-31-20(18(3)4)25(41)21-22(32(31)49-40)38(9)15-11-13-36(5,6)33(38)30(46)28(21)44/h17-18,33-34,41-42H,11-16H2,1-10H3/t33-,34-,38-,39-,40-/m1/s1. The van der Waals surface area contributed by atoms with Crippen molar-refractivity contribution in [1.29, 1.82) is 0 Å². The second-order valence-electron chi connectivity index (χ2n) is 17.9. The zero-order chi connectivity index (χ0) is 36.1. The third kappa shape index (κ3) is 3.90. The maximum absolute atomic E-state index is 15.5. The first kappa shape index (κ1) is 33.7. The quantitative estimate of drug-likeness (QED) is 0.247. The van der Waals surface area contributed by atoms with Crippen molar-refractivity contribution in [2.24, 2.45) is 34.0 Å². The zero-order valence-electron chi connectivity index (χ0n) is 30.3. The second-order valence-corrected chi connectivity index (χ2v) is 17.9. The number of rotatable bonds is 2. The van der Waals surface area contributed by atoms with Crippen LogP contribution in [0, 0.1) is 34.0 Å². The SMILES string of the molecule is CC(C)C1=C(O)C2=C(C(=O)C1=O)[C@@]1(C)CCCC(C)(C)[C@H]1C(=O)[C@@]21Oc2c(c3c(c(O)c2C(C)C)C(=O)C(=O)[C@@H]2C(C)(C)CCC[C@]32C)O1. The normalized spacial score (nSPS) is 34.5. The van der Waals surface area contributed by atoms with Gasteiger partial charge in [-0.3, -0.25) is 24.0 Å². The summed E-state index contributed by atoms with van der Waals surface area (Å²) in [5.41, 5.74) is -3.14. The summed E-state index contributed by atoms with van der Waals surface area (Å²) in [6, 6.07) is 0. The summed E-state index contributed by atoms with van der Waals surface area (Å²) in [6.45, 7) is 18.6. The minimum Gasteiger partial charge on any atom is -0.507 e. The molecule has 0 aromatic heterocycles. The van der Waals surface area contributed by atoms with Gasteiger partial charge in [-0.2, -0.15) is 0 Å². The predicted molar refractivity (Wildman–Crippen MR) is 180 cm³/mol. The molecule has 1 aromatic carbocycles. The fraction of sp³-hybridized carbons (Fsp3) is 0.625. The Morgan fingerprint density at radius 3 is 1.78 bits per heavy atom. The van der Waals surface area contributed by atoms with Crippen LogP contribution in [0.5, 0.6) is 17.2 Å². The van der Waals surface area contributed by atoms with Gasteiger partial charge >= 0.3 is 5.79 Å². The van der Waals surface area contributed by atoms with Gasteiger partial charge in [0.2, 0.25) is 28.9 Å². The van der Waals surface area contributed by atoms with Crippen LogP contribution in [-0.4, -0.2) is 44.9 Å². The van der Waals surface area contributed by atoms with Crippen LogP contribution in [0.2, 0.25) is 0 Å². The van der Waals surface area contributed by atoms with Crippen molar-refractivity contribution in [3.63, 3.8) is 0 Å². The molecule has 7 rings (SSSR count). The Balaban J connectivity index is 1.61. The second kappa shape index (κ2) is 9.94. The maximum Gasteiger partial charge on any atom is 0.344 e. The molecule has 9 heteroatoms. The maximum atomic E-state index is 15.5. The third-order valence-electron chi connectivity index (χ3n) is 13.1. The monoisotopic (exact) mass is 672 g/mol. The molecule has 0 saturated heterocycles. The lowest BCUT2D eigenvalue weighted by Crippen LogP contribution is -2.65. The molecule has 2 saturated carbocycles. The van der Waals surface area contributed by atoms with E-state index in [0.29, 0.717) is 31.2 Å². The number of hydrogen-bond donors (Lipinski definition) is 2. The van der Waals surface area contributed by atoms with E-state index in [0.717, 1.165) is 12.8 Å². The first-order valence-electron chi connectivity index (χ1n) is 17.8. The van der Waals surface area contributed by atoms with Gasteiger partial charge in [0.05, 0.1) is 11.1 Å². The average molecular weight is 673 g/mol. The molecular weight excluding hydrogens is 624 g/mol. The lowest BCUT2D eigenvalue weighted by atomic mass is 9.47. The number of ether oxygens (including phenoxy) is 2. The van der Waals surface area contributed by atoms with Gasteiger partial charge in [0.1, 0.15) is 11.5 Å². The number of carbonyl (C=O) groups excluding carboxylic acids is 5. The number of fused-ring (bicyclic) bond motifs is 8. The molecule has 0 amide bonds. The van der Waals surface area contributed by atoms with Crippen molar-refractivity contribution in [3.05, 3.63) is 39.2 Å². The molecule has 5 aliphatic carbocycles. The Labute approximate surface area is 287 Å². The molecule has 2 fully saturated rings. The highest BCUT2D eigenvalue weighted by Gasteiger charge is 2.72. The molecule has 0 unspecified atom stereocenters. The summed E-state index contributed by atoms with van der Waals surface area (Å²) in [4.78, 5) is 71.7. The fourth-order valence-electron chi connectivity index (χ4n) is 11.4. The fourth-order valence-corrected chi connectivity index (χ4v) is 11.4. The number of benzene rings is 1. The Morgan fingerprint density at radius 1 is 0.653 bits per heavy atom. The van der Waals surface area contributed by atoms with Crippen LogP contribution < -0.4 is 9.47 Å². The molecule has 1 aromatic rings. The Hall–Kier alpha value is -3.75. The average Bonchev–Trinajstić information content (AvgIpc) is 3.35. The Morgan fingerprint density at radius 2 is 1.20 bits per heavy atom. The van der Waals surface area contributed by atoms with Gasteiger partial charge in [0.15, 0.2) is 11.5 Å². The number of aliphatic hydroxyl groups is 1. The Bertz CT molecular complexity index is 1890. The van der Waals surface area contributed by atoms with Gasteiger partial charge in [0, 0.05) is 44.9 Å². The van der Waals surface area contributed by atoms with E-state index in [1.54, 1.807) is 27.7 Å². The molecule has 6 aliphatic rings. The van der Waals surface area contributed by atoms with E-state index in [2.05, 4.69) is 0 Å².